The number of alkyl halides is 3. The molecule has 8 heteroatoms. The Labute approximate surface area is 81.5 Å². The van der Waals surface area contributed by atoms with Crippen LogP contribution in [-0.2, 0) is 14.0 Å². The van der Waals surface area contributed by atoms with E-state index in [1.807, 2.05) is 0 Å². The summed E-state index contributed by atoms with van der Waals surface area (Å²) in [5, 5.41) is 0. The van der Waals surface area contributed by atoms with Gasteiger partial charge in [-0.25, -0.2) is 0 Å². The molecule has 0 aromatic carbocycles. The Morgan fingerprint density at radius 2 is 1.71 bits per heavy atom. The monoisotopic (exact) mass is 248 g/mol. The first-order chi connectivity index (χ1) is 6.06. The van der Waals surface area contributed by atoms with Gasteiger partial charge < -0.3 is 3.87 Å². The molecule has 0 bridgehead atoms. The van der Waals surface area contributed by atoms with Crippen LogP contribution < -0.4 is 0 Å². The zero-order valence-electron chi connectivity index (χ0n) is 7.76. The van der Waals surface area contributed by atoms with Crippen LogP contribution in [0.2, 0.25) is 18.6 Å². The third-order valence-corrected chi connectivity index (χ3v) is 7.87. The van der Waals surface area contributed by atoms with Crippen LogP contribution in [0.1, 0.15) is 12.8 Å². The average Bonchev–Trinajstić information content (AvgIpc) is 2.59. The van der Waals surface area contributed by atoms with Gasteiger partial charge in [0.25, 0.3) is 0 Å². The summed E-state index contributed by atoms with van der Waals surface area (Å²) in [6.07, 6.45) is 1.54. The van der Waals surface area contributed by atoms with Crippen molar-refractivity contribution in [2.24, 2.45) is 0 Å². The van der Waals surface area contributed by atoms with Crippen LogP contribution in [-0.4, -0.2) is 22.2 Å². The zero-order valence-corrected chi connectivity index (χ0v) is 9.57. The first-order valence-corrected chi connectivity index (χ1v) is 8.47. The van der Waals surface area contributed by atoms with Crippen molar-refractivity contribution in [1.29, 1.82) is 0 Å². The predicted octanol–water partition coefficient (Wildman–Crippen LogP) is 2.22. The molecule has 0 saturated heterocycles. The van der Waals surface area contributed by atoms with Crippen molar-refractivity contribution < 1.29 is 25.5 Å². The van der Waals surface area contributed by atoms with Crippen LogP contribution in [0.4, 0.5) is 13.2 Å². The van der Waals surface area contributed by atoms with E-state index >= 15 is 0 Å². The second-order valence-corrected chi connectivity index (χ2v) is 9.92. The zero-order chi connectivity index (χ0) is 11.2. The van der Waals surface area contributed by atoms with Crippen molar-refractivity contribution in [3.63, 3.8) is 0 Å². The summed E-state index contributed by atoms with van der Waals surface area (Å²) in [5.74, 6) is 0. The molecule has 84 valence electrons. The summed E-state index contributed by atoms with van der Waals surface area (Å²) >= 11 is 0. The van der Waals surface area contributed by atoms with Gasteiger partial charge in [0, 0.05) is 0 Å². The molecule has 1 fully saturated rings. The van der Waals surface area contributed by atoms with Crippen molar-refractivity contribution in [2.75, 3.05) is 0 Å². The van der Waals surface area contributed by atoms with Crippen LogP contribution in [0.15, 0.2) is 0 Å². The van der Waals surface area contributed by atoms with Crippen LogP contribution in [0, 0.1) is 0 Å². The molecular formula is C6H11F3O3SSi. The Hall–Kier alpha value is -0.0831. The van der Waals surface area contributed by atoms with Gasteiger partial charge in [-0.05, 0) is 18.6 Å². The normalized spacial score (nSPS) is 19.8. The van der Waals surface area contributed by atoms with Gasteiger partial charge in [0.1, 0.15) is 0 Å². The highest BCUT2D eigenvalue weighted by atomic mass is 32.2. The Morgan fingerprint density at radius 1 is 1.29 bits per heavy atom. The van der Waals surface area contributed by atoms with E-state index < -0.39 is 23.9 Å². The van der Waals surface area contributed by atoms with Gasteiger partial charge in [-0.2, -0.15) is 21.6 Å². The summed E-state index contributed by atoms with van der Waals surface area (Å²) in [4.78, 5) is 0. The molecule has 0 spiro atoms. The van der Waals surface area contributed by atoms with E-state index in [-0.39, 0.29) is 5.54 Å². The smallest absolute Gasteiger partial charge is 0.308 e. The SMILES string of the molecule is C[Si](C)(OS(=O)(=O)C(F)(F)F)C1CC1. The number of rotatable bonds is 3. The third kappa shape index (κ3) is 2.48. The van der Waals surface area contributed by atoms with E-state index in [0.29, 0.717) is 0 Å². The lowest BCUT2D eigenvalue weighted by Crippen LogP contribution is -2.39. The molecule has 1 rings (SSSR count). The summed E-state index contributed by atoms with van der Waals surface area (Å²) < 4.78 is 61.5. The lowest BCUT2D eigenvalue weighted by molar-refractivity contribution is -0.0503. The van der Waals surface area contributed by atoms with Crippen molar-refractivity contribution in [3.05, 3.63) is 0 Å². The topological polar surface area (TPSA) is 43.4 Å². The van der Waals surface area contributed by atoms with Crippen LogP contribution in [0.25, 0.3) is 0 Å². The van der Waals surface area contributed by atoms with Crippen molar-refractivity contribution >= 4 is 18.4 Å². The fourth-order valence-corrected chi connectivity index (χ4v) is 5.92. The molecule has 0 amide bonds. The highest BCUT2D eigenvalue weighted by Crippen LogP contribution is 2.47. The van der Waals surface area contributed by atoms with E-state index in [2.05, 4.69) is 3.87 Å². The maximum Gasteiger partial charge on any atom is 0.522 e. The second kappa shape index (κ2) is 3.21. The number of halogens is 3. The van der Waals surface area contributed by atoms with Crippen LogP contribution in [0.3, 0.4) is 0 Å². The van der Waals surface area contributed by atoms with Crippen molar-refractivity contribution in [2.45, 2.75) is 37.0 Å². The first kappa shape index (κ1) is 12.0. The Morgan fingerprint density at radius 3 is 2.00 bits per heavy atom. The standard InChI is InChI=1S/C6H11F3O3SSi/c1-14(2,5-3-4-5)12-13(10,11)6(7,8)9/h5H,3-4H2,1-2H3. The molecule has 0 unspecified atom stereocenters. The van der Waals surface area contributed by atoms with Gasteiger partial charge in [0.05, 0.1) is 0 Å². The minimum atomic E-state index is -5.40. The molecule has 0 atom stereocenters. The minimum Gasteiger partial charge on any atom is -0.308 e. The van der Waals surface area contributed by atoms with E-state index in [9.17, 15) is 21.6 Å². The summed E-state index contributed by atoms with van der Waals surface area (Å²) in [6.45, 7) is 2.99. The lowest BCUT2D eigenvalue weighted by Gasteiger charge is -2.22. The van der Waals surface area contributed by atoms with Gasteiger partial charge in [0.2, 0.25) is 8.32 Å². The third-order valence-electron chi connectivity index (χ3n) is 2.17. The average molecular weight is 248 g/mol. The molecule has 0 aliphatic heterocycles. The van der Waals surface area contributed by atoms with Gasteiger partial charge in [-0.15, -0.1) is 0 Å². The van der Waals surface area contributed by atoms with E-state index in [0.717, 1.165) is 12.8 Å². The molecule has 0 aromatic rings. The van der Waals surface area contributed by atoms with E-state index in [1.165, 1.54) is 13.1 Å². The summed E-state index contributed by atoms with van der Waals surface area (Å²) in [7, 11) is -8.12. The Balaban J connectivity index is 2.77. The van der Waals surface area contributed by atoms with Gasteiger partial charge in [-0.3, -0.25) is 0 Å². The summed E-state index contributed by atoms with van der Waals surface area (Å²) in [6, 6.07) is 0. The molecule has 0 N–H and O–H groups in total. The first-order valence-electron chi connectivity index (χ1n) is 4.08. The maximum absolute atomic E-state index is 12.0. The number of hydrogen-bond donors (Lipinski definition) is 0. The molecule has 1 aliphatic carbocycles. The van der Waals surface area contributed by atoms with Gasteiger partial charge in [-0.1, -0.05) is 12.8 Å². The minimum absolute atomic E-state index is 0.0413. The quantitative estimate of drug-likeness (QED) is 0.568. The highest BCUT2D eigenvalue weighted by molar-refractivity contribution is 7.88. The lowest BCUT2D eigenvalue weighted by atomic mass is 11.0. The predicted molar refractivity (Wildman–Crippen MR) is 46.5 cm³/mol. The van der Waals surface area contributed by atoms with Crippen LogP contribution in [0.5, 0.6) is 0 Å². The van der Waals surface area contributed by atoms with Crippen LogP contribution >= 0.6 is 0 Å². The van der Waals surface area contributed by atoms with Gasteiger partial charge in [0.15, 0.2) is 0 Å². The maximum atomic E-state index is 12.0. The molecule has 3 nitrogen and oxygen atoms in total. The molecular weight excluding hydrogens is 237 g/mol. The fraction of sp³-hybridized carbons (Fsp3) is 1.00. The largest absolute Gasteiger partial charge is 0.522 e. The molecule has 0 aromatic heterocycles. The van der Waals surface area contributed by atoms with E-state index in [4.69, 9.17) is 0 Å². The second-order valence-electron chi connectivity index (χ2n) is 3.86. The van der Waals surface area contributed by atoms with Crippen molar-refractivity contribution in [1.82, 2.24) is 0 Å². The molecule has 0 heterocycles. The highest BCUT2D eigenvalue weighted by Gasteiger charge is 2.53. The fourth-order valence-electron chi connectivity index (χ4n) is 1.18. The molecule has 14 heavy (non-hydrogen) atoms. The van der Waals surface area contributed by atoms with Gasteiger partial charge >= 0.3 is 15.6 Å². The Bertz CT molecular complexity index is 318. The molecule has 0 radical (unpaired) electrons. The molecule has 1 saturated carbocycles. The Kier molecular flexibility index (Phi) is 2.75. The number of hydrogen-bond acceptors (Lipinski definition) is 3. The van der Waals surface area contributed by atoms with E-state index in [1.54, 1.807) is 0 Å². The molecule has 1 aliphatic rings. The summed E-state index contributed by atoms with van der Waals surface area (Å²) in [5.41, 5.74) is -5.26. The van der Waals surface area contributed by atoms with Crippen molar-refractivity contribution in [3.8, 4) is 0 Å².